The number of piperidine rings is 1. The van der Waals surface area contributed by atoms with Crippen LogP contribution in [-0.4, -0.2) is 36.2 Å². The second-order valence-corrected chi connectivity index (χ2v) is 5.43. The summed E-state index contributed by atoms with van der Waals surface area (Å²) in [5.41, 5.74) is 7.13. The second-order valence-electron chi connectivity index (χ2n) is 4.99. The average Bonchev–Trinajstić information content (AvgIpc) is 2.42. The molecule has 1 aliphatic rings. The van der Waals surface area contributed by atoms with Gasteiger partial charge >= 0.3 is 0 Å². The molecule has 1 heterocycles. The molecule has 0 aliphatic carbocycles. The zero-order chi connectivity index (χ0) is 13.0. The summed E-state index contributed by atoms with van der Waals surface area (Å²) in [6.07, 6.45) is 2.25. The minimum Gasteiger partial charge on any atom is -0.396 e. The van der Waals surface area contributed by atoms with E-state index in [4.69, 9.17) is 17.3 Å². The predicted molar refractivity (Wildman–Crippen MR) is 74.6 cm³/mol. The first-order valence-corrected chi connectivity index (χ1v) is 6.93. The lowest BCUT2D eigenvalue weighted by Gasteiger charge is -2.37. The molecule has 0 radical (unpaired) electrons. The first kappa shape index (κ1) is 13.8. The highest BCUT2D eigenvalue weighted by Crippen LogP contribution is 2.26. The van der Waals surface area contributed by atoms with Gasteiger partial charge in [-0.05, 0) is 43.0 Å². The van der Waals surface area contributed by atoms with E-state index in [0.717, 1.165) is 31.0 Å². The Morgan fingerprint density at radius 1 is 1.39 bits per heavy atom. The highest BCUT2D eigenvalue weighted by Gasteiger charge is 2.25. The molecular weight excluding hydrogens is 248 g/mol. The van der Waals surface area contributed by atoms with Gasteiger partial charge in [0.15, 0.2) is 0 Å². The average molecular weight is 269 g/mol. The monoisotopic (exact) mass is 268 g/mol. The molecule has 4 heteroatoms. The van der Waals surface area contributed by atoms with Crippen LogP contribution in [0.25, 0.3) is 0 Å². The Hall–Kier alpha value is -0.610. The lowest BCUT2D eigenvalue weighted by Crippen LogP contribution is -2.41. The maximum absolute atomic E-state index is 9.29. The van der Waals surface area contributed by atoms with Gasteiger partial charge in [-0.25, -0.2) is 0 Å². The van der Waals surface area contributed by atoms with Crippen molar-refractivity contribution in [1.82, 2.24) is 4.90 Å². The van der Waals surface area contributed by atoms with Gasteiger partial charge < -0.3 is 10.8 Å². The minimum atomic E-state index is 0.233. The number of nitrogens with two attached hydrogens (primary N) is 1. The van der Waals surface area contributed by atoms with E-state index in [1.165, 1.54) is 5.56 Å². The van der Waals surface area contributed by atoms with Gasteiger partial charge in [-0.15, -0.1) is 0 Å². The van der Waals surface area contributed by atoms with Crippen molar-refractivity contribution in [2.45, 2.75) is 18.9 Å². The van der Waals surface area contributed by atoms with Gasteiger partial charge in [-0.2, -0.15) is 0 Å². The smallest absolute Gasteiger partial charge is 0.0471 e. The molecule has 3 nitrogen and oxygen atoms in total. The van der Waals surface area contributed by atoms with Gasteiger partial charge in [0, 0.05) is 30.8 Å². The number of aliphatic hydroxyl groups is 1. The Morgan fingerprint density at radius 3 is 2.72 bits per heavy atom. The SMILES string of the molecule is NCC(c1ccc(Cl)cc1)N1CCCC(CO)C1. The van der Waals surface area contributed by atoms with Crippen molar-refractivity contribution in [3.63, 3.8) is 0 Å². The van der Waals surface area contributed by atoms with Crippen molar-refractivity contribution in [3.05, 3.63) is 34.9 Å². The molecule has 0 spiro atoms. The summed E-state index contributed by atoms with van der Waals surface area (Å²) in [4.78, 5) is 2.38. The molecular formula is C14H21ClN2O. The molecule has 2 unspecified atom stereocenters. The molecule has 1 aromatic rings. The Morgan fingerprint density at radius 2 is 2.11 bits per heavy atom. The molecule has 3 N–H and O–H groups in total. The quantitative estimate of drug-likeness (QED) is 0.879. The van der Waals surface area contributed by atoms with Crippen molar-refractivity contribution in [1.29, 1.82) is 0 Å². The summed E-state index contributed by atoms with van der Waals surface area (Å²) in [7, 11) is 0. The van der Waals surface area contributed by atoms with Crippen LogP contribution in [0.15, 0.2) is 24.3 Å². The van der Waals surface area contributed by atoms with Crippen LogP contribution in [-0.2, 0) is 0 Å². The number of aliphatic hydroxyl groups excluding tert-OH is 1. The zero-order valence-electron chi connectivity index (χ0n) is 10.6. The standard InChI is InChI=1S/C14H21ClN2O/c15-13-5-3-12(4-6-13)14(8-16)17-7-1-2-11(9-17)10-18/h3-6,11,14,18H,1-2,7-10,16H2. The van der Waals surface area contributed by atoms with Gasteiger partial charge in [0.05, 0.1) is 0 Å². The van der Waals surface area contributed by atoms with Crippen molar-refractivity contribution in [3.8, 4) is 0 Å². The summed E-state index contributed by atoms with van der Waals surface area (Å²) in [5, 5.41) is 10.0. The summed E-state index contributed by atoms with van der Waals surface area (Å²) < 4.78 is 0. The lowest BCUT2D eigenvalue weighted by atomic mass is 9.95. The first-order valence-electron chi connectivity index (χ1n) is 6.55. The number of hydrogen-bond acceptors (Lipinski definition) is 3. The largest absolute Gasteiger partial charge is 0.396 e. The van der Waals surface area contributed by atoms with E-state index in [2.05, 4.69) is 4.90 Å². The topological polar surface area (TPSA) is 49.5 Å². The molecule has 0 bridgehead atoms. The van der Waals surface area contributed by atoms with E-state index < -0.39 is 0 Å². The third-order valence-electron chi connectivity index (χ3n) is 3.73. The number of hydrogen-bond donors (Lipinski definition) is 2. The van der Waals surface area contributed by atoms with E-state index in [-0.39, 0.29) is 12.6 Å². The molecule has 0 saturated carbocycles. The maximum Gasteiger partial charge on any atom is 0.0471 e. The highest BCUT2D eigenvalue weighted by molar-refractivity contribution is 6.30. The van der Waals surface area contributed by atoms with E-state index in [9.17, 15) is 5.11 Å². The molecule has 1 fully saturated rings. The first-order chi connectivity index (χ1) is 8.74. The van der Waals surface area contributed by atoms with Crippen molar-refractivity contribution >= 4 is 11.6 Å². The Balaban J connectivity index is 2.10. The van der Waals surface area contributed by atoms with Crippen LogP contribution in [0.1, 0.15) is 24.4 Å². The van der Waals surface area contributed by atoms with Crippen LogP contribution in [0.4, 0.5) is 0 Å². The van der Waals surface area contributed by atoms with E-state index >= 15 is 0 Å². The van der Waals surface area contributed by atoms with Gasteiger partial charge in [-0.1, -0.05) is 23.7 Å². The minimum absolute atomic E-state index is 0.233. The molecule has 2 atom stereocenters. The van der Waals surface area contributed by atoms with Gasteiger partial charge in [0.25, 0.3) is 0 Å². The van der Waals surface area contributed by atoms with Crippen LogP contribution < -0.4 is 5.73 Å². The number of halogens is 1. The fourth-order valence-corrected chi connectivity index (χ4v) is 2.84. The Kier molecular flexibility index (Phi) is 5.01. The third kappa shape index (κ3) is 3.23. The van der Waals surface area contributed by atoms with Crippen molar-refractivity contribution < 1.29 is 5.11 Å². The van der Waals surface area contributed by atoms with Crippen LogP contribution in [0.2, 0.25) is 5.02 Å². The van der Waals surface area contributed by atoms with Gasteiger partial charge in [-0.3, -0.25) is 4.90 Å². The van der Waals surface area contributed by atoms with Crippen LogP contribution in [0.5, 0.6) is 0 Å². The molecule has 1 aromatic carbocycles. The molecule has 0 aromatic heterocycles. The number of rotatable bonds is 4. The number of likely N-dealkylation sites (tertiary alicyclic amines) is 1. The van der Waals surface area contributed by atoms with E-state index in [1.54, 1.807) is 0 Å². The fraction of sp³-hybridized carbons (Fsp3) is 0.571. The second kappa shape index (κ2) is 6.53. The summed E-state index contributed by atoms with van der Waals surface area (Å²) in [6, 6.07) is 8.14. The summed E-state index contributed by atoms with van der Waals surface area (Å²) in [5.74, 6) is 0.389. The fourth-order valence-electron chi connectivity index (χ4n) is 2.71. The third-order valence-corrected chi connectivity index (χ3v) is 3.98. The molecule has 2 rings (SSSR count). The van der Waals surface area contributed by atoms with Gasteiger partial charge in [0.2, 0.25) is 0 Å². The van der Waals surface area contributed by atoms with Crippen molar-refractivity contribution in [2.75, 3.05) is 26.2 Å². The van der Waals surface area contributed by atoms with E-state index in [1.807, 2.05) is 24.3 Å². The number of nitrogens with zero attached hydrogens (tertiary/aromatic N) is 1. The van der Waals surface area contributed by atoms with Crippen molar-refractivity contribution in [2.24, 2.45) is 11.7 Å². The number of benzene rings is 1. The zero-order valence-corrected chi connectivity index (χ0v) is 11.3. The predicted octanol–water partition coefficient (Wildman–Crippen LogP) is 2.04. The molecule has 0 amide bonds. The Bertz CT molecular complexity index is 369. The summed E-state index contributed by atoms with van der Waals surface area (Å²) >= 11 is 5.91. The highest BCUT2D eigenvalue weighted by atomic mass is 35.5. The normalized spacial score (nSPS) is 22.9. The molecule has 1 aliphatic heterocycles. The molecule has 1 saturated heterocycles. The van der Waals surface area contributed by atoms with Crippen LogP contribution >= 0.6 is 11.6 Å². The maximum atomic E-state index is 9.29. The molecule has 18 heavy (non-hydrogen) atoms. The van der Waals surface area contributed by atoms with Crippen LogP contribution in [0.3, 0.4) is 0 Å². The van der Waals surface area contributed by atoms with Gasteiger partial charge in [0.1, 0.15) is 0 Å². The molecule has 100 valence electrons. The Labute approximate surface area is 114 Å². The lowest BCUT2D eigenvalue weighted by molar-refractivity contribution is 0.0901. The van der Waals surface area contributed by atoms with Crippen LogP contribution in [0, 0.1) is 5.92 Å². The summed E-state index contributed by atoms with van der Waals surface area (Å²) in [6.45, 7) is 2.86. The van der Waals surface area contributed by atoms with E-state index in [0.29, 0.717) is 12.5 Å².